The molecule has 0 fully saturated rings. The second-order valence-electron chi connectivity index (χ2n) is 3.89. The van der Waals surface area contributed by atoms with Crippen molar-refractivity contribution >= 4 is 38.9 Å². The first-order chi connectivity index (χ1) is 9.29. The third-order valence-electron chi connectivity index (χ3n) is 2.39. The van der Waals surface area contributed by atoms with Crippen molar-refractivity contribution in [3.8, 4) is 11.5 Å². The summed E-state index contributed by atoms with van der Waals surface area (Å²) < 4.78 is 26.5. The number of benzene rings is 2. The molecule has 106 valence electrons. The Labute approximate surface area is 125 Å². The van der Waals surface area contributed by atoms with Crippen LogP contribution in [0.3, 0.4) is 0 Å². The van der Waals surface area contributed by atoms with Gasteiger partial charge >= 0.3 is 0 Å². The molecule has 0 spiro atoms. The lowest BCUT2D eigenvalue weighted by Gasteiger charge is -2.11. The Hall–Kier alpha value is -1.63. The van der Waals surface area contributed by atoms with E-state index in [1.54, 1.807) is 6.07 Å². The van der Waals surface area contributed by atoms with Crippen molar-refractivity contribution in [1.82, 2.24) is 0 Å². The molecule has 20 heavy (non-hydrogen) atoms. The molecule has 0 aliphatic carbocycles. The first-order valence-electron chi connectivity index (χ1n) is 5.29. The topological polar surface area (TPSA) is 86.6 Å². The summed E-state index contributed by atoms with van der Waals surface area (Å²) in [5.41, 5.74) is 0.0265. The van der Waals surface area contributed by atoms with Crippen LogP contribution in [0.4, 0.5) is 5.69 Å². The Kier molecular flexibility index (Phi) is 3.99. The quantitative estimate of drug-likeness (QED) is 0.804. The predicted molar refractivity (Wildman–Crippen MR) is 77.0 cm³/mol. The number of halogens is 2. The molecule has 2 aromatic carbocycles. The van der Waals surface area contributed by atoms with Crippen LogP contribution in [0, 0.1) is 0 Å². The molecule has 0 saturated heterocycles. The van der Waals surface area contributed by atoms with Crippen LogP contribution in [0.15, 0.2) is 41.3 Å². The van der Waals surface area contributed by atoms with Gasteiger partial charge in [0.25, 0.3) is 10.0 Å². The van der Waals surface area contributed by atoms with Crippen LogP contribution in [0.2, 0.25) is 10.0 Å². The van der Waals surface area contributed by atoms with Crippen molar-refractivity contribution in [1.29, 1.82) is 0 Å². The fourth-order valence-electron chi connectivity index (χ4n) is 1.51. The highest BCUT2D eigenvalue weighted by molar-refractivity contribution is 7.92. The first kappa shape index (κ1) is 14.8. The van der Waals surface area contributed by atoms with E-state index in [-0.39, 0.29) is 32.1 Å². The van der Waals surface area contributed by atoms with Gasteiger partial charge in [-0.05, 0) is 12.1 Å². The zero-order chi connectivity index (χ0) is 14.9. The molecular weight excluding hydrogens is 325 g/mol. The predicted octanol–water partition coefficient (Wildman–Crippen LogP) is 3.21. The van der Waals surface area contributed by atoms with Crippen LogP contribution in [0.5, 0.6) is 11.5 Å². The van der Waals surface area contributed by atoms with E-state index in [4.69, 9.17) is 23.2 Å². The highest BCUT2D eigenvalue weighted by atomic mass is 35.5. The summed E-state index contributed by atoms with van der Waals surface area (Å²) in [6.07, 6.45) is 0. The molecule has 0 aliphatic heterocycles. The summed E-state index contributed by atoms with van der Waals surface area (Å²) in [6, 6.07) is 7.53. The summed E-state index contributed by atoms with van der Waals surface area (Å²) in [7, 11) is -4.04. The maximum absolute atomic E-state index is 12.2. The van der Waals surface area contributed by atoms with Gasteiger partial charge in [0, 0.05) is 18.2 Å². The first-order valence-corrected chi connectivity index (χ1v) is 7.53. The molecule has 0 radical (unpaired) electrons. The van der Waals surface area contributed by atoms with E-state index in [0.717, 1.165) is 18.2 Å². The molecule has 0 amide bonds. The average Bonchev–Trinajstić information content (AvgIpc) is 2.33. The van der Waals surface area contributed by atoms with Crippen molar-refractivity contribution < 1.29 is 18.6 Å². The Bertz CT molecular complexity index is 722. The number of aromatic hydroxyl groups is 2. The number of para-hydroxylation sites is 1. The van der Waals surface area contributed by atoms with E-state index >= 15 is 0 Å². The molecule has 5 nitrogen and oxygen atoms in total. The lowest BCUT2D eigenvalue weighted by molar-refractivity contribution is 0.447. The smallest absolute Gasteiger partial charge is 0.262 e. The minimum atomic E-state index is -4.04. The number of sulfonamides is 1. The maximum atomic E-state index is 12.2. The number of nitrogens with one attached hydrogen (secondary N) is 1. The summed E-state index contributed by atoms with van der Waals surface area (Å²) in [4.78, 5) is -0.314. The molecule has 0 aromatic heterocycles. The van der Waals surface area contributed by atoms with Gasteiger partial charge in [0.05, 0.1) is 20.6 Å². The lowest BCUT2D eigenvalue weighted by atomic mass is 10.3. The number of hydrogen-bond acceptors (Lipinski definition) is 4. The zero-order valence-corrected chi connectivity index (χ0v) is 12.2. The second kappa shape index (κ2) is 5.40. The number of anilines is 1. The van der Waals surface area contributed by atoms with Crippen molar-refractivity contribution in [2.24, 2.45) is 0 Å². The van der Waals surface area contributed by atoms with Gasteiger partial charge in [-0.3, -0.25) is 4.72 Å². The summed E-state index contributed by atoms with van der Waals surface area (Å²) in [5.74, 6) is -0.758. The van der Waals surface area contributed by atoms with Gasteiger partial charge in [0.2, 0.25) is 0 Å². The Morgan fingerprint density at radius 2 is 1.45 bits per heavy atom. The summed E-state index contributed by atoms with van der Waals surface area (Å²) in [6.45, 7) is 0. The Morgan fingerprint density at radius 3 is 1.95 bits per heavy atom. The van der Waals surface area contributed by atoms with Gasteiger partial charge in [0.15, 0.2) is 0 Å². The third kappa shape index (κ3) is 3.09. The van der Waals surface area contributed by atoms with Gasteiger partial charge in [-0.2, -0.15) is 0 Å². The van der Waals surface area contributed by atoms with E-state index in [1.165, 1.54) is 12.1 Å². The maximum Gasteiger partial charge on any atom is 0.262 e. The Balaban J connectivity index is 2.46. The Morgan fingerprint density at radius 1 is 0.950 bits per heavy atom. The van der Waals surface area contributed by atoms with Crippen LogP contribution < -0.4 is 4.72 Å². The van der Waals surface area contributed by atoms with Gasteiger partial charge in [-0.1, -0.05) is 29.3 Å². The van der Waals surface area contributed by atoms with E-state index in [2.05, 4.69) is 4.72 Å². The zero-order valence-electron chi connectivity index (χ0n) is 9.84. The SMILES string of the molecule is O=S(=O)(Nc1c(Cl)cccc1Cl)c1cc(O)cc(O)c1. The largest absolute Gasteiger partial charge is 0.508 e. The molecule has 2 rings (SSSR count). The molecular formula is C12H9Cl2NO4S. The monoisotopic (exact) mass is 333 g/mol. The molecule has 0 heterocycles. The number of hydrogen-bond donors (Lipinski definition) is 3. The molecule has 0 bridgehead atoms. The highest BCUT2D eigenvalue weighted by Crippen LogP contribution is 2.33. The minimum absolute atomic E-state index is 0.0265. The minimum Gasteiger partial charge on any atom is -0.508 e. The molecule has 0 aliphatic rings. The second-order valence-corrected chi connectivity index (χ2v) is 6.38. The van der Waals surface area contributed by atoms with Crippen molar-refractivity contribution in [3.63, 3.8) is 0 Å². The number of phenols is 2. The van der Waals surface area contributed by atoms with Crippen LogP contribution in [-0.2, 0) is 10.0 Å². The van der Waals surface area contributed by atoms with Crippen LogP contribution in [0.1, 0.15) is 0 Å². The van der Waals surface area contributed by atoms with E-state index in [1.807, 2.05) is 0 Å². The fourth-order valence-corrected chi connectivity index (χ4v) is 3.27. The number of rotatable bonds is 3. The van der Waals surface area contributed by atoms with E-state index in [0.29, 0.717) is 0 Å². The molecule has 0 atom stereocenters. The van der Waals surface area contributed by atoms with Gasteiger partial charge < -0.3 is 10.2 Å². The number of phenolic OH excluding ortho intramolecular Hbond substituents is 2. The standard InChI is InChI=1S/C12H9Cl2NO4S/c13-10-2-1-3-11(14)12(10)15-20(18,19)9-5-7(16)4-8(17)6-9/h1-6,15-17H. The normalized spacial score (nSPS) is 11.3. The van der Waals surface area contributed by atoms with E-state index < -0.39 is 10.0 Å². The molecule has 8 heteroatoms. The third-order valence-corrected chi connectivity index (χ3v) is 4.34. The van der Waals surface area contributed by atoms with Crippen LogP contribution in [-0.4, -0.2) is 18.6 Å². The molecule has 0 saturated carbocycles. The fraction of sp³-hybridized carbons (Fsp3) is 0. The summed E-state index contributed by atoms with van der Waals surface area (Å²) >= 11 is 11.8. The molecule has 3 N–H and O–H groups in total. The lowest BCUT2D eigenvalue weighted by Crippen LogP contribution is -2.13. The van der Waals surface area contributed by atoms with Crippen LogP contribution in [0.25, 0.3) is 0 Å². The van der Waals surface area contributed by atoms with Gasteiger partial charge in [-0.15, -0.1) is 0 Å². The van der Waals surface area contributed by atoms with Gasteiger partial charge in [0.1, 0.15) is 11.5 Å². The van der Waals surface area contributed by atoms with Crippen molar-refractivity contribution in [3.05, 3.63) is 46.4 Å². The van der Waals surface area contributed by atoms with Crippen LogP contribution >= 0.6 is 23.2 Å². The average molecular weight is 334 g/mol. The van der Waals surface area contributed by atoms with Gasteiger partial charge in [-0.25, -0.2) is 8.42 Å². The highest BCUT2D eigenvalue weighted by Gasteiger charge is 2.19. The summed E-state index contributed by atoms with van der Waals surface area (Å²) in [5, 5.41) is 18.9. The molecule has 0 unspecified atom stereocenters. The molecule has 2 aromatic rings. The van der Waals surface area contributed by atoms with E-state index in [9.17, 15) is 18.6 Å². The van der Waals surface area contributed by atoms with Crippen molar-refractivity contribution in [2.45, 2.75) is 4.90 Å². The van der Waals surface area contributed by atoms with Crippen molar-refractivity contribution in [2.75, 3.05) is 4.72 Å².